The van der Waals surface area contributed by atoms with E-state index < -0.39 is 11.9 Å². The van der Waals surface area contributed by atoms with Gasteiger partial charge in [-0.05, 0) is 24.3 Å². The van der Waals surface area contributed by atoms with Crippen LogP contribution in [0.4, 0.5) is 11.4 Å². The first-order chi connectivity index (χ1) is 16.4. The maximum Gasteiger partial charge on any atom is 0.342 e. The van der Waals surface area contributed by atoms with E-state index in [-0.39, 0.29) is 59.6 Å². The molecule has 0 aliphatic heterocycles. The van der Waals surface area contributed by atoms with Crippen molar-refractivity contribution in [2.24, 2.45) is 0 Å². The Morgan fingerprint density at radius 3 is 1.94 bits per heavy atom. The Hall–Kier alpha value is -4.40. The third kappa shape index (κ3) is 5.89. The van der Waals surface area contributed by atoms with Crippen LogP contribution in [0.25, 0.3) is 0 Å². The van der Waals surface area contributed by atoms with E-state index in [2.05, 4.69) is 25.1 Å². The number of carbonyl (C=O) groups excluding carboxylic acids is 2. The molecule has 180 valence electrons. The highest BCUT2D eigenvalue weighted by molar-refractivity contribution is 6.08. The minimum absolute atomic E-state index is 0.0208. The Morgan fingerprint density at radius 2 is 1.38 bits per heavy atom. The Balaban J connectivity index is 2.51. The lowest BCUT2D eigenvalue weighted by molar-refractivity contribution is 0.0544. The van der Waals surface area contributed by atoms with Crippen LogP contribution in [0.3, 0.4) is 0 Å². The molecule has 1 amide bonds. The Morgan fingerprint density at radius 1 is 0.824 bits per heavy atom. The standard InChI is InChI=1S/C25H28N2O7/c1-6-13-32-20-16(9-11-18(26)22(20)30-4)24(28)27-19-12-10-17(25(29)34-15-8-3)21(23(19)31-5)33-14-7-2/h6-12H,1-3,13-15,26H2,4-5H3,(H,27,28). The van der Waals surface area contributed by atoms with Crippen LogP contribution in [0.1, 0.15) is 20.7 Å². The minimum atomic E-state index is -0.640. The molecule has 2 aromatic rings. The molecule has 34 heavy (non-hydrogen) atoms. The number of carbonyl (C=O) groups is 2. The Bertz CT molecular complexity index is 1080. The van der Waals surface area contributed by atoms with Gasteiger partial charge in [0.05, 0.1) is 31.2 Å². The SMILES string of the molecule is C=CCOC(=O)c1ccc(NC(=O)c2ccc(N)c(OC)c2OCC=C)c(OC)c1OCC=C. The molecule has 0 unspecified atom stereocenters. The first-order valence-corrected chi connectivity index (χ1v) is 10.2. The zero-order chi connectivity index (χ0) is 25.1. The van der Waals surface area contributed by atoms with Gasteiger partial charge in [0.1, 0.15) is 25.4 Å². The summed E-state index contributed by atoms with van der Waals surface area (Å²) in [6, 6.07) is 6.00. The second-order valence-electron chi connectivity index (χ2n) is 6.63. The van der Waals surface area contributed by atoms with E-state index >= 15 is 0 Å². The number of nitrogen functional groups attached to an aromatic ring is 1. The van der Waals surface area contributed by atoms with Crippen molar-refractivity contribution in [3.63, 3.8) is 0 Å². The van der Waals surface area contributed by atoms with Crippen LogP contribution >= 0.6 is 0 Å². The monoisotopic (exact) mass is 468 g/mol. The van der Waals surface area contributed by atoms with E-state index in [0.29, 0.717) is 5.69 Å². The fourth-order valence-corrected chi connectivity index (χ4v) is 2.96. The molecule has 3 N–H and O–H groups in total. The third-order valence-corrected chi connectivity index (χ3v) is 4.40. The summed E-state index contributed by atoms with van der Waals surface area (Å²) >= 11 is 0. The van der Waals surface area contributed by atoms with E-state index in [1.54, 1.807) is 0 Å². The molecule has 9 heteroatoms. The summed E-state index contributed by atoms with van der Waals surface area (Å²) in [5.41, 5.74) is 6.79. The maximum absolute atomic E-state index is 13.2. The summed E-state index contributed by atoms with van der Waals surface area (Å²) in [5, 5.41) is 2.75. The molecule has 0 atom stereocenters. The zero-order valence-electron chi connectivity index (χ0n) is 19.2. The number of nitrogens with two attached hydrogens (primary N) is 1. The normalized spacial score (nSPS) is 9.94. The van der Waals surface area contributed by atoms with Gasteiger partial charge in [-0.2, -0.15) is 0 Å². The molecule has 9 nitrogen and oxygen atoms in total. The molecule has 0 bridgehead atoms. The van der Waals surface area contributed by atoms with Crippen LogP contribution in [-0.2, 0) is 4.74 Å². The largest absolute Gasteiger partial charge is 0.491 e. The number of ether oxygens (including phenoxy) is 5. The number of amides is 1. The second kappa shape index (κ2) is 12.6. The average Bonchev–Trinajstić information content (AvgIpc) is 2.84. The average molecular weight is 469 g/mol. The molecular weight excluding hydrogens is 440 g/mol. The molecule has 0 aliphatic carbocycles. The first kappa shape index (κ1) is 25.9. The van der Waals surface area contributed by atoms with E-state index in [1.807, 2.05) is 0 Å². The summed E-state index contributed by atoms with van der Waals surface area (Å²) in [4.78, 5) is 25.7. The summed E-state index contributed by atoms with van der Waals surface area (Å²) in [5.74, 6) is -0.583. The first-order valence-electron chi connectivity index (χ1n) is 10.2. The number of esters is 1. The second-order valence-corrected chi connectivity index (χ2v) is 6.63. The van der Waals surface area contributed by atoms with Gasteiger partial charge in [0, 0.05) is 0 Å². The van der Waals surface area contributed by atoms with Gasteiger partial charge in [-0.25, -0.2) is 4.79 Å². The van der Waals surface area contributed by atoms with E-state index in [0.717, 1.165) is 0 Å². The number of benzene rings is 2. The highest BCUT2D eigenvalue weighted by Crippen LogP contribution is 2.41. The van der Waals surface area contributed by atoms with Crippen molar-refractivity contribution < 1.29 is 33.3 Å². The van der Waals surface area contributed by atoms with Crippen LogP contribution in [0.5, 0.6) is 23.0 Å². The van der Waals surface area contributed by atoms with Gasteiger partial charge in [-0.1, -0.05) is 38.0 Å². The van der Waals surface area contributed by atoms with Crippen molar-refractivity contribution in [2.75, 3.05) is 45.1 Å². The summed E-state index contributed by atoms with van der Waals surface area (Å²) in [6.45, 7) is 11.0. The number of anilines is 2. The van der Waals surface area contributed by atoms with Gasteiger partial charge in [0.25, 0.3) is 5.91 Å². The Labute approximate surface area is 198 Å². The topological polar surface area (TPSA) is 118 Å². The lowest BCUT2D eigenvalue weighted by Crippen LogP contribution is -2.17. The third-order valence-electron chi connectivity index (χ3n) is 4.40. The van der Waals surface area contributed by atoms with Crippen molar-refractivity contribution in [3.8, 4) is 23.0 Å². The minimum Gasteiger partial charge on any atom is -0.491 e. The van der Waals surface area contributed by atoms with Gasteiger partial charge in [0.15, 0.2) is 23.0 Å². The van der Waals surface area contributed by atoms with Crippen molar-refractivity contribution in [2.45, 2.75) is 0 Å². The number of hydrogen-bond acceptors (Lipinski definition) is 8. The predicted octanol–water partition coefficient (Wildman–Crippen LogP) is 4.01. The van der Waals surface area contributed by atoms with Crippen molar-refractivity contribution in [1.29, 1.82) is 0 Å². The van der Waals surface area contributed by atoms with Crippen molar-refractivity contribution >= 4 is 23.3 Å². The van der Waals surface area contributed by atoms with E-state index in [4.69, 9.17) is 29.4 Å². The van der Waals surface area contributed by atoms with Crippen molar-refractivity contribution in [3.05, 3.63) is 73.4 Å². The summed E-state index contributed by atoms with van der Waals surface area (Å²) in [7, 11) is 2.81. The van der Waals surface area contributed by atoms with Gasteiger partial charge in [-0.3, -0.25) is 4.79 Å². The summed E-state index contributed by atoms with van der Waals surface area (Å²) in [6.07, 6.45) is 4.48. The van der Waals surface area contributed by atoms with Crippen LogP contribution in [0, 0.1) is 0 Å². The molecule has 0 aliphatic rings. The number of hydrogen-bond donors (Lipinski definition) is 2. The summed E-state index contributed by atoms with van der Waals surface area (Å²) < 4.78 is 27.2. The number of nitrogens with one attached hydrogen (secondary N) is 1. The molecule has 2 aromatic carbocycles. The van der Waals surface area contributed by atoms with Crippen molar-refractivity contribution in [1.82, 2.24) is 0 Å². The smallest absolute Gasteiger partial charge is 0.342 e. The lowest BCUT2D eigenvalue weighted by Gasteiger charge is -2.19. The van der Waals surface area contributed by atoms with Gasteiger partial charge < -0.3 is 34.7 Å². The maximum atomic E-state index is 13.2. The molecule has 0 fully saturated rings. The number of methoxy groups -OCH3 is 2. The van der Waals surface area contributed by atoms with Gasteiger partial charge >= 0.3 is 5.97 Å². The van der Waals surface area contributed by atoms with Crippen LogP contribution in [0.15, 0.2) is 62.2 Å². The van der Waals surface area contributed by atoms with E-state index in [9.17, 15) is 9.59 Å². The quantitative estimate of drug-likeness (QED) is 0.257. The molecule has 0 radical (unpaired) electrons. The molecule has 0 saturated carbocycles. The molecular formula is C25H28N2O7. The van der Waals surface area contributed by atoms with Gasteiger partial charge in [-0.15, -0.1) is 0 Å². The zero-order valence-corrected chi connectivity index (χ0v) is 19.2. The fourth-order valence-electron chi connectivity index (χ4n) is 2.96. The number of rotatable bonds is 13. The lowest BCUT2D eigenvalue weighted by atomic mass is 10.1. The fraction of sp³-hybridized carbons (Fsp3) is 0.200. The van der Waals surface area contributed by atoms with Gasteiger partial charge in [0.2, 0.25) is 0 Å². The van der Waals surface area contributed by atoms with Crippen LogP contribution in [-0.4, -0.2) is 45.9 Å². The van der Waals surface area contributed by atoms with Crippen LogP contribution < -0.4 is 30.0 Å². The Kier molecular flexibility index (Phi) is 9.57. The molecule has 2 rings (SSSR count). The molecule has 0 aromatic heterocycles. The highest BCUT2D eigenvalue weighted by Gasteiger charge is 2.25. The predicted molar refractivity (Wildman–Crippen MR) is 130 cm³/mol. The van der Waals surface area contributed by atoms with Crippen LogP contribution in [0.2, 0.25) is 0 Å². The molecule has 0 heterocycles. The highest BCUT2D eigenvalue weighted by atomic mass is 16.5. The molecule has 0 saturated heterocycles. The molecule has 0 spiro atoms. The van der Waals surface area contributed by atoms with E-state index in [1.165, 1.54) is 56.7 Å².